The second kappa shape index (κ2) is 6.99. The molecule has 8 nitrogen and oxygen atoms in total. The van der Waals surface area contributed by atoms with Crippen molar-refractivity contribution in [2.45, 2.75) is 39.0 Å². The first-order chi connectivity index (χ1) is 10.1. The van der Waals surface area contributed by atoms with E-state index < -0.39 is 28.6 Å². The lowest BCUT2D eigenvalue weighted by Gasteiger charge is -2.21. The molecule has 0 saturated heterocycles. The van der Waals surface area contributed by atoms with Gasteiger partial charge in [-0.05, 0) is 32.9 Å². The van der Waals surface area contributed by atoms with Crippen molar-refractivity contribution >= 4 is 17.6 Å². The zero-order valence-electron chi connectivity index (χ0n) is 12.7. The van der Waals surface area contributed by atoms with Crippen LogP contribution in [0.25, 0.3) is 0 Å². The van der Waals surface area contributed by atoms with Gasteiger partial charge in [0.05, 0.1) is 17.5 Å². The molecular formula is C14H19N3O5. The van der Waals surface area contributed by atoms with Crippen molar-refractivity contribution in [3.8, 4) is 0 Å². The van der Waals surface area contributed by atoms with E-state index in [2.05, 4.69) is 5.32 Å². The van der Waals surface area contributed by atoms with Gasteiger partial charge in [0.25, 0.3) is 11.6 Å². The maximum absolute atomic E-state index is 11.9. The summed E-state index contributed by atoms with van der Waals surface area (Å²) in [6.07, 6.45) is -1.08. The first-order valence-corrected chi connectivity index (χ1v) is 6.61. The highest BCUT2D eigenvalue weighted by atomic mass is 16.6. The molecule has 0 aliphatic heterocycles. The Balaban J connectivity index is 2.57. The number of nitrogens with two attached hydrogens (primary N) is 1. The Morgan fingerprint density at radius 2 is 1.86 bits per heavy atom. The van der Waals surface area contributed by atoms with E-state index in [0.717, 1.165) is 0 Å². The molecule has 0 saturated carbocycles. The van der Waals surface area contributed by atoms with Gasteiger partial charge in [0, 0.05) is 17.7 Å². The van der Waals surface area contributed by atoms with Gasteiger partial charge in [-0.25, -0.2) is 0 Å². The van der Waals surface area contributed by atoms with E-state index in [-0.39, 0.29) is 17.7 Å². The molecule has 0 aliphatic carbocycles. The Kier molecular flexibility index (Phi) is 5.58. The minimum atomic E-state index is -0.905. The Bertz CT molecular complexity index is 563. The Morgan fingerprint density at radius 3 is 2.32 bits per heavy atom. The third-order valence-corrected chi connectivity index (χ3v) is 2.46. The molecule has 1 amide bonds. The smallest absolute Gasteiger partial charge is 0.309 e. The molecule has 1 rings (SSSR count). The summed E-state index contributed by atoms with van der Waals surface area (Å²) in [7, 11) is 0. The van der Waals surface area contributed by atoms with Crippen molar-refractivity contribution in [2.75, 3.05) is 0 Å². The van der Waals surface area contributed by atoms with Gasteiger partial charge in [-0.15, -0.1) is 0 Å². The summed E-state index contributed by atoms with van der Waals surface area (Å²) >= 11 is 0. The van der Waals surface area contributed by atoms with Crippen LogP contribution in [0.4, 0.5) is 5.69 Å². The molecule has 120 valence electrons. The number of nitrogens with one attached hydrogen (secondary N) is 1. The summed E-state index contributed by atoms with van der Waals surface area (Å²) < 4.78 is 5.09. The Morgan fingerprint density at radius 1 is 1.32 bits per heavy atom. The molecule has 0 radical (unpaired) electrons. The molecule has 0 spiro atoms. The molecule has 0 fully saturated rings. The number of carbonyl (C=O) groups is 2. The lowest BCUT2D eigenvalue weighted by Crippen LogP contribution is -2.43. The fourth-order valence-electron chi connectivity index (χ4n) is 1.60. The number of carbonyl (C=O) groups excluding carboxylic acids is 2. The van der Waals surface area contributed by atoms with Crippen LogP contribution in [0.2, 0.25) is 0 Å². The summed E-state index contributed by atoms with van der Waals surface area (Å²) in [5.74, 6) is -1.05. The molecule has 22 heavy (non-hydrogen) atoms. The van der Waals surface area contributed by atoms with Gasteiger partial charge in [-0.1, -0.05) is 0 Å². The zero-order chi connectivity index (χ0) is 16.9. The Labute approximate surface area is 127 Å². The predicted molar refractivity (Wildman–Crippen MR) is 79.0 cm³/mol. The molecule has 1 atom stereocenters. The van der Waals surface area contributed by atoms with Crippen LogP contribution in [-0.4, -0.2) is 28.6 Å². The van der Waals surface area contributed by atoms with Gasteiger partial charge in [-0.2, -0.15) is 0 Å². The van der Waals surface area contributed by atoms with Crippen molar-refractivity contribution in [3.63, 3.8) is 0 Å². The van der Waals surface area contributed by atoms with Crippen LogP contribution in [0.3, 0.4) is 0 Å². The lowest BCUT2D eigenvalue weighted by molar-refractivity contribution is -0.384. The number of hydrogen-bond acceptors (Lipinski definition) is 6. The van der Waals surface area contributed by atoms with Crippen molar-refractivity contribution in [1.29, 1.82) is 0 Å². The van der Waals surface area contributed by atoms with E-state index in [4.69, 9.17) is 10.5 Å². The molecule has 1 unspecified atom stereocenters. The second-order valence-electron chi connectivity index (χ2n) is 5.67. The van der Waals surface area contributed by atoms with Crippen LogP contribution >= 0.6 is 0 Å². The topological polar surface area (TPSA) is 125 Å². The van der Waals surface area contributed by atoms with Gasteiger partial charge in [0.15, 0.2) is 0 Å². The van der Waals surface area contributed by atoms with Gasteiger partial charge >= 0.3 is 5.97 Å². The number of nitro groups is 1. The van der Waals surface area contributed by atoms with Crippen LogP contribution in [0.15, 0.2) is 24.3 Å². The lowest BCUT2D eigenvalue weighted by atomic mass is 10.2. The molecule has 0 aromatic heterocycles. The van der Waals surface area contributed by atoms with E-state index in [9.17, 15) is 19.7 Å². The third-order valence-electron chi connectivity index (χ3n) is 2.46. The molecule has 0 aliphatic rings. The van der Waals surface area contributed by atoms with Crippen LogP contribution in [0.1, 0.15) is 37.6 Å². The fourth-order valence-corrected chi connectivity index (χ4v) is 1.60. The quantitative estimate of drug-likeness (QED) is 0.366. The van der Waals surface area contributed by atoms with Crippen LogP contribution in [0.5, 0.6) is 0 Å². The van der Waals surface area contributed by atoms with Crippen molar-refractivity contribution in [2.24, 2.45) is 5.73 Å². The van der Waals surface area contributed by atoms with Crippen molar-refractivity contribution in [3.05, 3.63) is 39.9 Å². The summed E-state index contributed by atoms with van der Waals surface area (Å²) in [4.78, 5) is 33.4. The standard InChI is InChI=1S/C14H19N3O5/c1-14(2,3)22-12(18)8-11(15)16-13(19)9-4-6-10(7-5-9)17(20)21/h4-7,11H,8,15H2,1-3H3,(H,16,19). The number of amides is 1. The number of hydrogen-bond donors (Lipinski definition) is 2. The van der Waals surface area contributed by atoms with Crippen LogP contribution < -0.4 is 11.1 Å². The minimum absolute atomic E-state index is 0.116. The maximum atomic E-state index is 11.9. The average molecular weight is 309 g/mol. The number of benzene rings is 1. The highest BCUT2D eigenvalue weighted by Crippen LogP contribution is 2.12. The van der Waals surface area contributed by atoms with Gasteiger partial charge in [0.1, 0.15) is 5.60 Å². The van der Waals surface area contributed by atoms with E-state index in [1.165, 1.54) is 24.3 Å². The monoisotopic (exact) mass is 309 g/mol. The van der Waals surface area contributed by atoms with E-state index in [1.807, 2.05) is 0 Å². The zero-order valence-corrected chi connectivity index (χ0v) is 12.7. The minimum Gasteiger partial charge on any atom is -0.460 e. The summed E-state index contributed by atoms with van der Waals surface area (Å²) in [6, 6.07) is 5.06. The number of non-ortho nitro benzene ring substituents is 1. The molecule has 1 aromatic carbocycles. The fraction of sp³-hybridized carbons (Fsp3) is 0.429. The first-order valence-electron chi connectivity index (χ1n) is 6.61. The molecule has 3 N–H and O–H groups in total. The van der Waals surface area contributed by atoms with E-state index in [1.54, 1.807) is 20.8 Å². The predicted octanol–water partition coefficient (Wildman–Crippen LogP) is 1.34. The van der Waals surface area contributed by atoms with Crippen LogP contribution in [-0.2, 0) is 9.53 Å². The molecule has 8 heteroatoms. The first kappa shape index (κ1) is 17.6. The summed E-state index contributed by atoms with van der Waals surface area (Å²) in [5.41, 5.74) is 5.14. The van der Waals surface area contributed by atoms with Crippen LogP contribution in [0, 0.1) is 10.1 Å². The molecule has 0 bridgehead atoms. The van der Waals surface area contributed by atoms with E-state index >= 15 is 0 Å². The van der Waals surface area contributed by atoms with Crippen molar-refractivity contribution < 1.29 is 19.2 Å². The largest absolute Gasteiger partial charge is 0.460 e. The second-order valence-corrected chi connectivity index (χ2v) is 5.67. The normalized spacial score (nSPS) is 12.4. The van der Waals surface area contributed by atoms with Gasteiger partial charge in [0.2, 0.25) is 0 Å². The number of esters is 1. The molecule has 1 aromatic rings. The van der Waals surface area contributed by atoms with Gasteiger partial charge < -0.3 is 15.8 Å². The van der Waals surface area contributed by atoms with Crippen molar-refractivity contribution in [1.82, 2.24) is 5.32 Å². The molecule has 0 heterocycles. The Hall–Kier alpha value is -2.48. The average Bonchev–Trinajstić information content (AvgIpc) is 2.35. The van der Waals surface area contributed by atoms with E-state index in [0.29, 0.717) is 0 Å². The number of nitrogens with zero attached hydrogens (tertiary/aromatic N) is 1. The maximum Gasteiger partial charge on any atom is 0.309 e. The number of nitro benzene ring substituents is 1. The number of rotatable bonds is 5. The summed E-state index contributed by atoms with van der Waals surface area (Å²) in [6.45, 7) is 5.18. The highest BCUT2D eigenvalue weighted by Gasteiger charge is 2.20. The summed E-state index contributed by atoms with van der Waals surface area (Å²) in [5, 5.41) is 13.0. The number of ether oxygens (including phenoxy) is 1. The highest BCUT2D eigenvalue weighted by molar-refractivity contribution is 5.94. The SMILES string of the molecule is CC(C)(C)OC(=O)CC(N)NC(=O)c1ccc([N+](=O)[O-])cc1. The van der Waals surface area contributed by atoms with Gasteiger partial charge in [-0.3, -0.25) is 19.7 Å². The third kappa shape index (κ3) is 5.88. The molecular weight excluding hydrogens is 290 g/mol.